The normalized spacial score (nSPS) is 19.6. The molecule has 0 bridgehead atoms. The summed E-state index contributed by atoms with van der Waals surface area (Å²) in [7, 11) is 0. The molecule has 1 aliphatic rings. The van der Waals surface area contributed by atoms with Gasteiger partial charge >= 0.3 is 6.36 Å². The van der Waals surface area contributed by atoms with Crippen LogP contribution in [0, 0.1) is 0 Å². The Labute approximate surface area is 103 Å². The van der Waals surface area contributed by atoms with Crippen LogP contribution in [-0.2, 0) is 5.60 Å². The van der Waals surface area contributed by atoms with Gasteiger partial charge in [-0.15, -0.1) is 13.2 Å². The van der Waals surface area contributed by atoms with E-state index in [0.29, 0.717) is 31.5 Å². The lowest BCUT2D eigenvalue weighted by Gasteiger charge is -2.33. The molecule has 100 valence electrons. The van der Waals surface area contributed by atoms with Gasteiger partial charge in [0.25, 0.3) is 0 Å². The first-order chi connectivity index (χ1) is 8.39. The van der Waals surface area contributed by atoms with E-state index in [0.717, 1.165) is 0 Å². The van der Waals surface area contributed by atoms with E-state index < -0.39 is 12.0 Å². The number of ether oxygens (including phenoxy) is 1. The highest BCUT2D eigenvalue weighted by Crippen LogP contribution is 2.32. The van der Waals surface area contributed by atoms with Crippen molar-refractivity contribution in [3.63, 3.8) is 0 Å². The van der Waals surface area contributed by atoms with Gasteiger partial charge in [0.1, 0.15) is 5.75 Å². The van der Waals surface area contributed by atoms with Crippen molar-refractivity contribution in [2.75, 3.05) is 13.1 Å². The predicted molar refractivity (Wildman–Crippen MR) is 59.1 cm³/mol. The molecule has 1 aromatic carbocycles. The van der Waals surface area contributed by atoms with Crippen LogP contribution in [0.3, 0.4) is 0 Å². The van der Waals surface area contributed by atoms with Gasteiger partial charge < -0.3 is 15.2 Å². The van der Waals surface area contributed by atoms with Crippen molar-refractivity contribution in [2.45, 2.75) is 24.8 Å². The van der Waals surface area contributed by atoms with Gasteiger partial charge in [-0.2, -0.15) is 0 Å². The van der Waals surface area contributed by atoms with Crippen LogP contribution in [0.4, 0.5) is 13.2 Å². The maximum Gasteiger partial charge on any atom is 0.573 e. The monoisotopic (exact) mass is 261 g/mol. The van der Waals surface area contributed by atoms with Crippen LogP contribution >= 0.6 is 0 Å². The van der Waals surface area contributed by atoms with Gasteiger partial charge in [0.05, 0.1) is 5.60 Å². The summed E-state index contributed by atoms with van der Waals surface area (Å²) >= 11 is 0. The van der Waals surface area contributed by atoms with E-state index in [4.69, 9.17) is 0 Å². The number of aliphatic hydroxyl groups is 1. The highest BCUT2D eigenvalue weighted by atomic mass is 19.4. The van der Waals surface area contributed by atoms with Crippen LogP contribution in [0.25, 0.3) is 0 Å². The highest BCUT2D eigenvalue weighted by Gasteiger charge is 2.33. The second kappa shape index (κ2) is 4.78. The average Bonchev–Trinajstić information content (AvgIpc) is 2.28. The molecule has 6 heteroatoms. The lowest BCUT2D eigenvalue weighted by Crippen LogP contribution is -2.39. The van der Waals surface area contributed by atoms with Crippen LogP contribution in [0.1, 0.15) is 18.4 Å². The number of alkyl halides is 3. The third-order valence-corrected chi connectivity index (χ3v) is 3.06. The minimum absolute atomic E-state index is 0.274. The molecule has 1 heterocycles. The van der Waals surface area contributed by atoms with Crippen LogP contribution in [-0.4, -0.2) is 24.6 Å². The minimum atomic E-state index is -4.69. The smallest absolute Gasteiger partial charge is 0.406 e. The Hall–Kier alpha value is -1.27. The number of piperidine rings is 1. The van der Waals surface area contributed by atoms with Gasteiger partial charge in [-0.05, 0) is 43.6 Å². The number of hydrogen-bond acceptors (Lipinski definition) is 3. The second-order valence-corrected chi connectivity index (χ2v) is 4.35. The standard InChI is InChI=1S/C12H14F3NO2/c13-12(14,15)18-10-3-1-9(2-4-10)11(17)5-7-16-8-6-11/h1-4,16-17H,5-8H2. The number of benzene rings is 1. The lowest BCUT2D eigenvalue weighted by atomic mass is 9.85. The van der Waals surface area contributed by atoms with Crippen molar-refractivity contribution in [2.24, 2.45) is 0 Å². The summed E-state index contributed by atoms with van der Waals surface area (Å²) in [5.74, 6) is -0.274. The Kier molecular flexibility index (Phi) is 3.49. The molecule has 0 radical (unpaired) electrons. The Balaban J connectivity index is 2.12. The van der Waals surface area contributed by atoms with E-state index >= 15 is 0 Å². The predicted octanol–water partition coefficient (Wildman–Crippen LogP) is 2.16. The molecule has 1 saturated heterocycles. The van der Waals surface area contributed by atoms with Crippen LogP contribution in [0.15, 0.2) is 24.3 Å². The first-order valence-corrected chi connectivity index (χ1v) is 5.68. The number of nitrogens with one attached hydrogen (secondary N) is 1. The summed E-state index contributed by atoms with van der Waals surface area (Å²) in [6, 6.07) is 5.41. The van der Waals surface area contributed by atoms with Gasteiger partial charge in [-0.25, -0.2) is 0 Å². The van der Waals surface area contributed by atoms with Crippen molar-refractivity contribution in [3.05, 3.63) is 29.8 Å². The molecule has 18 heavy (non-hydrogen) atoms. The van der Waals surface area contributed by atoms with Crippen LogP contribution in [0.5, 0.6) is 5.75 Å². The summed E-state index contributed by atoms with van der Waals surface area (Å²) in [6.45, 7) is 1.38. The molecule has 1 aliphatic heterocycles. The zero-order valence-corrected chi connectivity index (χ0v) is 9.63. The van der Waals surface area contributed by atoms with Crippen molar-refractivity contribution in [3.8, 4) is 5.75 Å². The molecule has 0 unspecified atom stereocenters. The summed E-state index contributed by atoms with van der Waals surface area (Å²) in [5, 5.41) is 13.5. The third kappa shape index (κ3) is 3.14. The quantitative estimate of drug-likeness (QED) is 0.857. The van der Waals surface area contributed by atoms with Gasteiger partial charge in [0.15, 0.2) is 0 Å². The summed E-state index contributed by atoms with van der Waals surface area (Å²) < 4.78 is 39.8. The summed E-state index contributed by atoms with van der Waals surface area (Å²) in [4.78, 5) is 0. The number of halogens is 3. The molecule has 0 saturated carbocycles. The maximum absolute atomic E-state index is 12.0. The molecule has 3 nitrogen and oxygen atoms in total. The summed E-state index contributed by atoms with van der Waals surface area (Å²) in [6.07, 6.45) is -3.59. The molecule has 2 rings (SSSR count). The zero-order chi connectivity index (χ0) is 13.2. The molecule has 0 spiro atoms. The third-order valence-electron chi connectivity index (χ3n) is 3.06. The molecule has 1 fully saturated rings. The number of hydrogen-bond donors (Lipinski definition) is 2. The second-order valence-electron chi connectivity index (χ2n) is 4.35. The first kappa shape index (κ1) is 13.2. The molecule has 0 atom stereocenters. The van der Waals surface area contributed by atoms with E-state index in [9.17, 15) is 18.3 Å². The van der Waals surface area contributed by atoms with Crippen LogP contribution < -0.4 is 10.1 Å². The minimum Gasteiger partial charge on any atom is -0.406 e. The van der Waals surface area contributed by atoms with Crippen LogP contribution in [0.2, 0.25) is 0 Å². The van der Waals surface area contributed by atoms with Crippen molar-refractivity contribution in [1.82, 2.24) is 5.32 Å². The fourth-order valence-electron chi connectivity index (χ4n) is 2.10. The van der Waals surface area contributed by atoms with Gasteiger partial charge in [0.2, 0.25) is 0 Å². The summed E-state index contributed by atoms with van der Waals surface area (Å²) in [5.41, 5.74) is -0.333. The first-order valence-electron chi connectivity index (χ1n) is 5.68. The van der Waals surface area contributed by atoms with Crippen molar-refractivity contribution >= 4 is 0 Å². The maximum atomic E-state index is 12.0. The Bertz CT molecular complexity index is 397. The highest BCUT2D eigenvalue weighted by molar-refractivity contribution is 5.31. The van der Waals surface area contributed by atoms with Gasteiger partial charge in [-0.1, -0.05) is 12.1 Å². The van der Waals surface area contributed by atoms with Crippen molar-refractivity contribution in [1.29, 1.82) is 0 Å². The molecule has 2 N–H and O–H groups in total. The van der Waals surface area contributed by atoms with E-state index in [2.05, 4.69) is 10.1 Å². The van der Waals surface area contributed by atoms with E-state index in [1.165, 1.54) is 24.3 Å². The molecule has 0 aliphatic carbocycles. The fraction of sp³-hybridized carbons (Fsp3) is 0.500. The molecule has 0 amide bonds. The largest absolute Gasteiger partial charge is 0.573 e. The van der Waals surface area contributed by atoms with E-state index in [1.807, 2.05) is 0 Å². The average molecular weight is 261 g/mol. The van der Waals surface area contributed by atoms with E-state index in [1.54, 1.807) is 0 Å². The lowest BCUT2D eigenvalue weighted by molar-refractivity contribution is -0.274. The molecular formula is C12H14F3NO2. The SMILES string of the molecule is OC1(c2ccc(OC(F)(F)F)cc2)CCNCC1. The zero-order valence-electron chi connectivity index (χ0n) is 9.63. The fourth-order valence-corrected chi connectivity index (χ4v) is 2.10. The number of rotatable bonds is 2. The Morgan fingerprint density at radius 3 is 2.17 bits per heavy atom. The molecule has 0 aromatic heterocycles. The van der Waals surface area contributed by atoms with Gasteiger partial charge in [0, 0.05) is 0 Å². The Morgan fingerprint density at radius 1 is 1.11 bits per heavy atom. The van der Waals surface area contributed by atoms with E-state index in [-0.39, 0.29) is 5.75 Å². The molecule has 1 aromatic rings. The van der Waals surface area contributed by atoms with Crippen molar-refractivity contribution < 1.29 is 23.0 Å². The molecular weight excluding hydrogens is 247 g/mol. The topological polar surface area (TPSA) is 41.5 Å². The van der Waals surface area contributed by atoms with Gasteiger partial charge in [-0.3, -0.25) is 0 Å². The Morgan fingerprint density at radius 2 is 1.67 bits per heavy atom.